The van der Waals surface area contributed by atoms with Gasteiger partial charge in [0.2, 0.25) is 0 Å². The Morgan fingerprint density at radius 2 is 1.65 bits per heavy atom. The molecule has 0 amide bonds. The SMILES string of the molecule is COC(=O)CCCCCC(C(C)=O)C(=O)OC. The van der Waals surface area contributed by atoms with E-state index in [1.807, 2.05) is 0 Å². The van der Waals surface area contributed by atoms with Gasteiger partial charge in [0.05, 0.1) is 14.2 Å². The first-order valence-corrected chi connectivity index (χ1v) is 5.68. The van der Waals surface area contributed by atoms with Gasteiger partial charge in [-0.2, -0.15) is 0 Å². The summed E-state index contributed by atoms with van der Waals surface area (Å²) in [4.78, 5) is 33.3. The Bertz CT molecular complexity index is 272. The van der Waals surface area contributed by atoms with E-state index in [1.165, 1.54) is 21.1 Å². The molecule has 0 aromatic carbocycles. The highest BCUT2D eigenvalue weighted by Gasteiger charge is 2.23. The van der Waals surface area contributed by atoms with Gasteiger partial charge in [-0.25, -0.2) is 0 Å². The van der Waals surface area contributed by atoms with E-state index in [0.29, 0.717) is 19.3 Å². The van der Waals surface area contributed by atoms with Gasteiger partial charge in [-0.1, -0.05) is 12.8 Å². The number of unbranched alkanes of at least 4 members (excludes halogenated alkanes) is 2. The minimum Gasteiger partial charge on any atom is -0.469 e. The predicted octanol–water partition coefficient (Wildman–Crippen LogP) is 1.49. The monoisotopic (exact) mass is 244 g/mol. The number of ether oxygens (including phenoxy) is 2. The van der Waals surface area contributed by atoms with Crippen LogP contribution in [-0.4, -0.2) is 31.9 Å². The molecule has 0 saturated carbocycles. The molecule has 5 nitrogen and oxygen atoms in total. The fourth-order valence-electron chi connectivity index (χ4n) is 1.53. The molecule has 0 aromatic heterocycles. The Hall–Kier alpha value is -1.39. The van der Waals surface area contributed by atoms with E-state index in [0.717, 1.165) is 12.8 Å². The molecule has 0 aromatic rings. The predicted molar refractivity (Wildman–Crippen MR) is 61.3 cm³/mol. The number of carbonyl (C=O) groups excluding carboxylic acids is 3. The lowest BCUT2D eigenvalue weighted by molar-refractivity contribution is -0.149. The second kappa shape index (κ2) is 8.73. The van der Waals surface area contributed by atoms with Crippen molar-refractivity contribution in [3.05, 3.63) is 0 Å². The summed E-state index contributed by atoms with van der Waals surface area (Å²) in [7, 11) is 2.63. The summed E-state index contributed by atoms with van der Waals surface area (Å²) in [6, 6.07) is 0. The van der Waals surface area contributed by atoms with Crippen LogP contribution in [0.5, 0.6) is 0 Å². The maximum absolute atomic E-state index is 11.3. The van der Waals surface area contributed by atoms with Gasteiger partial charge >= 0.3 is 11.9 Å². The molecule has 1 atom stereocenters. The van der Waals surface area contributed by atoms with E-state index < -0.39 is 11.9 Å². The Labute approximate surface area is 101 Å². The molecular weight excluding hydrogens is 224 g/mol. The fraction of sp³-hybridized carbons (Fsp3) is 0.750. The van der Waals surface area contributed by atoms with Gasteiger partial charge in [-0.05, 0) is 19.8 Å². The molecule has 0 aliphatic rings. The van der Waals surface area contributed by atoms with Gasteiger partial charge in [-0.3, -0.25) is 14.4 Å². The van der Waals surface area contributed by atoms with Crippen LogP contribution in [0.1, 0.15) is 39.0 Å². The van der Waals surface area contributed by atoms with Crippen molar-refractivity contribution < 1.29 is 23.9 Å². The van der Waals surface area contributed by atoms with Crippen molar-refractivity contribution in [1.29, 1.82) is 0 Å². The largest absolute Gasteiger partial charge is 0.469 e. The molecule has 0 bridgehead atoms. The lowest BCUT2D eigenvalue weighted by atomic mass is 9.97. The molecule has 0 fully saturated rings. The summed E-state index contributed by atoms with van der Waals surface area (Å²) in [5.41, 5.74) is 0. The number of ketones is 1. The van der Waals surface area contributed by atoms with Crippen LogP contribution < -0.4 is 0 Å². The molecule has 0 saturated heterocycles. The quantitative estimate of drug-likeness (QED) is 0.367. The molecule has 5 heteroatoms. The zero-order valence-electron chi connectivity index (χ0n) is 10.7. The lowest BCUT2D eigenvalue weighted by Gasteiger charge is -2.10. The Balaban J connectivity index is 3.80. The molecular formula is C12H20O5. The van der Waals surface area contributed by atoms with Crippen molar-refractivity contribution in [3.8, 4) is 0 Å². The molecule has 0 rings (SSSR count). The molecule has 0 N–H and O–H groups in total. The smallest absolute Gasteiger partial charge is 0.316 e. The third-order valence-electron chi connectivity index (χ3n) is 2.58. The number of hydrogen-bond donors (Lipinski definition) is 0. The summed E-state index contributed by atoms with van der Waals surface area (Å²) in [5.74, 6) is -1.56. The zero-order valence-corrected chi connectivity index (χ0v) is 10.7. The van der Waals surface area contributed by atoms with Crippen molar-refractivity contribution in [2.45, 2.75) is 39.0 Å². The van der Waals surface area contributed by atoms with Crippen LogP contribution in [0.15, 0.2) is 0 Å². The average molecular weight is 244 g/mol. The van der Waals surface area contributed by atoms with Crippen molar-refractivity contribution in [2.75, 3.05) is 14.2 Å². The van der Waals surface area contributed by atoms with E-state index in [2.05, 4.69) is 9.47 Å². The first-order chi connectivity index (χ1) is 8.02. The number of carbonyl (C=O) groups is 3. The highest BCUT2D eigenvalue weighted by atomic mass is 16.5. The summed E-state index contributed by atoms with van der Waals surface area (Å²) < 4.78 is 9.06. The average Bonchev–Trinajstić information content (AvgIpc) is 2.31. The second-order valence-electron chi connectivity index (χ2n) is 3.86. The van der Waals surface area contributed by atoms with Gasteiger partial charge in [0.25, 0.3) is 0 Å². The number of methoxy groups -OCH3 is 2. The maximum atomic E-state index is 11.3. The van der Waals surface area contributed by atoms with E-state index in [1.54, 1.807) is 0 Å². The minimum absolute atomic E-state index is 0.176. The molecule has 0 spiro atoms. The Morgan fingerprint density at radius 3 is 2.12 bits per heavy atom. The summed E-state index contributed by atoms with van der Waals surface area (Å²) in [6.45, 7) is 1.38. The maximum Gasteiger partial charge on any atom is 0.316 e. The van der Waals surface area contributed by atoms with E-state index >= 15 is 0 Å². The molecule has 0 aliphatic heterocycles. The van der Waals surface area contributed by atoms with Crippen LogP contribution in [0.4, 0.5) is 0 Å². The Kier molecular flexibility index (Phi) is 8.01. The third-order valence-corrected chi connectivity index (χ3v) is 2.58. The standard InChI is InChI=1S/C12H20O5/c1-9(13)10(12(15)17-3)7-5-4-6-8-11(14)16-2/h10H,4-8H2,1-3H3. The van der Waals surface area contributed by atoms with Crippen molar-refractivity contribution >= 4 is 17.7 Å². The van der Waals surface area contributed by atoms with E-state index in [-0.39, 0.29) is 11.8 Å². The van der Waals surface area contributed by atoms with Crippen molar-refractivity contribution in [3.63, 3.8) is 0 Å². The van der Waals surface area contributed by atoms with Crippen molar-refractivity contribution in [1.82, 2.24) is 0 Å². The number of Topliss-reactive ketones (excluding diaryl/α,β-unsaturated/α-hetero) is 1. The highest BCUT2D eigenvalue weighted by molar-refractivity contribution is 5.97. The van der Waals surface area contributed by atoms with Crippen LogP contribution in [0, 0.1) is 5.92 Å². The van der Waals surface area contributed by atoms with E-state index in [4.69, 9.17) is 0 Å². The summed E-state index contributed by atoms with van der Waals surface area (Å²) in [6.07, 6.45) is 3.06. The highest BCUT2D eigenvalue weighted by Crippen LogP contribution is 2.13. The fourth-order valence-corrected chi connectivity index (χ4v) is 1.53. The number of rotatable bonds is 8. The number of esters is 2. The second-order valence-corrected chi connectivity index (χ2v) is 3.86. The van der Waals surface area contributed by atoms with Gasteiger partial charge in [0.15, 0.2) is 0 Å². The molecule has 0 aliphatic carbocycles. The molecule has 98 valence electrons. The van der Waals surface area contributed by atoms with Crippen LogP contribution in [0.25, 0.3) is 0 Å². The normalized spacial score (nSPS) is 11.7. The molecule has 0 heterocycles. The lowest BCUT2D eigenvalue weighted by Crippen LogP contribution is -2.23. The van der Waals surface area contributed by atoms with Crippen molar-refractivity contribution in [2.24, 2.45) is 5.92 Å². The van der Waals surface area contributed by atoms with Crippen LogP contribution in [0.3, 0.4) is 0 Å². The van der Waals surface area contributed by atoms with Crippen LogP contribution >= 0.6 is 0 Å². The van der Waals surface area contributed by atoms with Crippen LogP contribution in [-0.2, 0) is 23.9 Å². The van der Waals surface area contributed by atoms with Crippen LogP contribution in [0.2, 0.25) is 0 Å². The number of hydrogen-bond acceptors (Lipinski definition) is 5. The Morgan fingerprint density at radius 1 is 1.00 bits per heavy atom. The topological polar surface area (TPSA) is 69.7 Å². The first-order valence-electron chi connectivity index (χ1n) is 5.68. The molecule has 17 heavy (non-hydrogen) atoms. The summed E-state index contributed by atoms with van der Waals surface area (Å²) >= 11 is 0. The molecule has 1 unspecified atom stereocenters. The van der Waals surface area contributed by atoms with Gasteiger partial charge < -0.3 is 9.47 Å². The van der Waals surface area contributed by atoms with Gasteiger partial charge in [0, 0.05) is 6.42 Å². The van der Waals surface area contributed by atoms with Gasteiger partial charge in [-0.15, -0.1) is 0 Å². The summed E-state index contributed by atoms with van der Waals surface area (Å²) in [5, 5.41) is 0. The molecule has 0 radical (unpaired) electrons. The van der Waals surface area contributed by atoms with E-state index in [9.17, 15) is 14.4 Å². The van der Waals surface area contributed by atoms with Gasteiger partial charge in [0.1, 0.15) is 11.7 Å². The first kappa shape index (κ1) is 15.6. The zero-order chi connectivity index (χ0) is 13.3. The third kappa shape index (κ3) is 6.71. The minimum atomic E-state index is -0.668.